The van der Waals surface area contributed by atoms with E-state index in [1.54, 1.807) is 6.07 Å². The first-order valence-corrected chi connectivity index (χ1v) is 7.30. The van der Waals surface area contributed by atoms with E-state index in [9.17, 15) is 10.1 Å². The van der Waals surface area contributed by atoms with Gasteiger partial charge in [-0.3, -0.25) is 10.1 Å². The summed E-state index contributed by atoms with van der Waals surface area (Å²) in [7, 11) is 0. The SMILES string of the molecule is CCC1(CC)CCN(c2ccc([N+](=O)[O-])cc2N)CC1. The minimum absolute atomic E-state index is 0.0553. The Morgan fingerprint density at radius 2 is 1.90 bits per heavy atom. The summed E-state index contributed by atoms with van der Waals surface area (Å²) in [5.74, 6) is 0. The Morgan fingerprint density at radius 3 is 2.35 bits per heavy atom. The Kier molecular flexibility index (Phi) is 4.16. The van der Waals surface area contributed by atoms with Gasteiger partial charge in [0.05, 0.1) is 16.3 Å². The number of benzene rings is 1. The van der Waals surface area contributed by atoms with Crippen molar-refractivity contribution in [2.45, 2.75) is 39.5 Å². The molecule has 0 radical (unpaired) electrons. The van der Waals surface area contributed by atoms with Gasteiger partial charge in [0, 0.05) is 25.2 Å². The molecule has 1 aliphatic rings. The fraction of sp³-hybridized carbons (Fsp3) is 0.600. The summed E-state index contributed by atoms with van der Waals surface area (Å²) in [6.45, 7) is 6.48. The highest BCUT2D eigenvalue weighted by Crippen LogP contribution is 2.40. The van der Waals surface area contributed by atoms with E-state index in [1.165, 1.54) is 25.0 Å². The molecule has 2 N–H and O–H groups in total. The highest BCUT2D eigenvalue weighted by molar-refractivity contribution is 5.70. The van der Waals surface area contributed by atoms with Gasteiger partial charge in [-0.25, -0.2) is 0 Å². The van der Waals surface area contributed by atoms with E-state index < -0.39 is 4.92 Å². The van der Waals surface area contributed by atoms with Crippen molar-refractivity contribution >= 4 is 17.1 Å². The molecule has 1 aromatic rings. The van der Waals surface area contributed by atoms with Crippen molar-refractivity contribution in [1.82, 2.24) is 0 Å². The van der Waals surface area contributed by atoms with Crippen LogP contribution in [-0.2, 0) is 0 Å². The van der Waals surface area contributed by atoms with Crippen LogP contribution in [0.1, 0.15) is 39.5 Å². The van der Waals surface area contributed by atoms with Gasteiger partial charge in [-0.1, -0.05) is 26.7 Å². The molecule has 0 bridgehead atoms. The average Bonchev–Trinajstić information content (AvgIpc) is 2.47. The average molecular weight is 277 g/mol. The molecule has 5 heteroatoms. The number of hydrogen-bond donors (Lipinski definition) is 1. The monoisotopic (exact) mass is 277 g/mol. The van der Waals surface area contributed by atoms with Crippen LogP contribution in [0, 0.1) is 15.5 Å². The molecular formula is C15H23N3O2. The molecule has 1 aliphatic heterocycles. The summed E-state index contributed by atoms with van der Waals surface area (Å²) in [5.41, 5.74) is 7.92. The van der Waals surface area contributed by atoms with Crippen LogP contribution >= 0.6 is 0 Å². The third kappa shape index (κ3) is 2.71. The van der Waals surface area contributed by atoms with Crippen LogP contribution in [0.2, 0.25) is 0 Å². The third-order valence-corrected chi connectivity index (χ3v) is 4.89. The zero-order chi connectivity index (χ0) is 14.8. The number of anilines is 2. The normalized spacial score (nSPS) is 18.0. The molecule has 5 nitrogen and oxygen atoms in total. The van der Waals surface area contributed by atoms with E-state index in [-0.39, 0.29) is 5.69 Å². The lowest BCUT2D eigenvalue weighted by Crippen LogP contribution is -2.39. The summed E-state index contributed by atoms with van der Waals surface area (Å²) >= 11 is 0. The summed E-state index contributed by atoms with van der Waals surface area (Å²) in [4.78, 5) is 12.6. The number of hydrogen-bond acceptors (Lipinski definition) is 4. The Balaban J connectivity index is 2.13. The molecule has 0 spiro atoms. The van der Waals surface area contributed by atoms with Crippen molar-refractivity contribution in [2.24, 2.45) is 5.41 Å². The number of non-ortho nitro benzene ring substituents is 1. The van der Waals surface area contributed by atoms with Crippen LogP contribution in [0.4, 0.5) is 17.1 Å². The van der Waals surface area contributed by atoms with Gasteiger partial charge in [-0.2, -0.15) is 0 Å². The molecule has 0 unspecified atom stereocenters. The quantitative estimate of drug-likeness (QED) is 0.518. The molecule has 1 heterocycles. The van der Waals surface area contributed by atoms with Crippen molar-refractivity contribution < 1.29 is 4.92 Å². The first-order valence-electron chi connectivity index (χ1n) is 7.30. The number of nitro groups is 1. The van der Waals surface area contributed by atoms with Gasteiger partial charge in [-0.15, -0.1) is 0 Å². The molecule has 0 atom stereocenters. The molecule has 0 aromatic heterocycles. The molecule has 0 saturated carbocycles. The van der Waals surface area contributed by atoms with E-state index in [1.807, 2.05) is 0 Å². The van der Waals surface area contributed by atoms with Crippen molar-refractivity contribution in [3.05, 3.63) is 28.3 Å². The van der Waals surface area contributed by atoms with Crippen molar-refractivity contribution in [1.29, 1.82) is 0 Å². The van der Waals surface area contributed by atoms with Crippen LogP contribution in [-0.4, -0.2) is 18.0 Å². The predicted octanol–water partition coefficient (Wildman–Crippen LogP) is 3.58. The second kappa shape index (κ2) is 5.69. The van der Waals surface area contributed by atoms with Crippen molar-refractivity contribution in [3.8, 4) is 0 Å². The lowest BCUT2D eigenvalue weighted by Gasteiger charge is -2.42. The first-order chi connectivity index (χ1) is 9.51. The molecule has 2 rings (SSSR count). The molecule has 0 amide bonds. The second-order valence-corrected chi connectivity index (χ2v) is 5.69. The summed E-state index contributed by atoms with van der Waals surface area (Å²) in [5, 5.41) is 10.7. The van der Waals surface area contributed by atoms with Crippen LogP contribution in [0.25, 0.3) is 0 Å². The summed E-state index contributed by atoms with van der Waals surface area (Å²) in [6, 6.07) is 4.77. The predicted molar refractivity (Wildman–Crippen MR) is 82.0 cm³/mol. The lowest BCUT2D eigenvalue weighted by atomic mass is 9.74. The highest BCUT2D eigenvalue weighted by atomic mass is 16.6. The zero-order valence-electron chi connectivity index (χ0n) is 12.3. The minimum atomic E-state index is -0.407. The molecule has 1 saturated heterocycles. The van der Waals surface area contributed by atoms with Gasteiger partial charge in [0.15, 0.2) is 0 Å². The minimum Gasteiger partial charge on any atom is -0.397 e. The van der Waals surface area contributed by atoms with Crippen molar-refractivity contribution in [2.75, 3.05) is 23.7 Å². The van der Waals surface area contributed by atoms with E-state index in [2.05, 4.69) is 18.7 Å². The second-order valence-electron chi connectivity index (χ2n) is 5.69. The standard InChI is InChI=1S/C15H23N3O2/c1-3-15(4-2)7-9-17(10-8-15)14-6-5-12(18(19)20)11-13(14)16/h5-6,11H,3-4,7-10,16H2,1-2H3. The smallest absolute Gasteiger partial charge is 0.271 e. The van der Waals surface area contributed by atoms with E-state index in [0.29, 0.717) is 11.1 Å². The van der Waals surface area contributed by atoms with Gasteiger partial charge in [0.2, 0.25) is 0 Å². The van der Waals surface area contributed by atoms with Crippen LogP contribution in [0.5, 0.6) is 0 Å². The number of rotatable bonds is 4. The largest absolute Gasteiger partial charge is 0.397 e. The lowest BCUT2D eigenvalue weighted by molar-refractivity contribution is -0.384. The van der Waals surface area contributed by atoms with Crippen LogP contribution < -0.4 is 10.6 Å². The molecule has 20 heavy (non-hydrogen) atoms. The fourth-order valence-electron chi connectivity index (χ4n) is 3.12. The Labute approximate surface area is 119 Å². The van der Waals surface area contributed by atoms with E-state index in [4.69, 9.17) is 5.73 Å². The summed E-state index contributed by atoms with van der Waals surface area (Å²) < 4.78 is 0. The van der Waals surface area contributed by atoms with Crippen LogP contribution in [0.3, 0.4) is 0 Å². The number of nitrogens with two attached hydrogens (primary N) is 1. The third-order valence-electron chi connectivity index (χ3n) is 4.89. The molecule has 110 valence electrons. The Morgan fingerprint density at radius 1 is 1.30 bits per heavy atom. The maximum atomic E-state index is 10.7. The molecule has 0 aliphatic carbocycles. The van der Waals surface area contributed by atoms with Crippen molar-refractivity contribution in [3.63, 3.8) is 0 Å². The maximum absolute atomic E-state index is 10.7. The number of nitro benzene ring substituents is 1. The summed E-state index contributed by atoms with van der Waals surface area (Å²) in [6.07, 6.45) is 4.76. The molecular weight excluding hydrogens is 254 g/mol. The van der Waals surface area contributed by atoms with Gasteiger partial charge in [0.1, 0.15) is 0 Å². The van der Waals surface area contributed by atoms with Gasteiger partial charge >= 0.3 is 0 Å². The molecule has 1 fully saturated rings. The Bertz CT molecular complexity index is 488. The zero-order valence-corrected chi connectivity index (χ0v) is 12.3. The number of nitrogens with zero attached hydrogens (tertiary/aromatic N) is 2. The fourth-order valence-corrected chi connectivity index (χ4v) is 3.12. The number of nitrogen functional groups attached to an aromatic ring is 1. The topological polar surface area (TPSA) is 72.4 Å². The molecule has 1 aromatic carbocycles. The van der Waals surface area contributed by atoms with E-state index >= 15 is 0 Å². The van der Waals surface area contributed by atoms with Gasteiger partial charge in [0.25, 0.3) is 5.69 Å². The highest BCUT2D eigenvalue weighted by Gasteiger charge is 2.31. The van der Waals surface area contributed by atoms with Gasteiger partial charge < -0.3 is 10.6 Å². The van der Waals surface area contributed by atoms with Crippen LogP contribution in [0.15, 0.2) is 18.2 Å². The number of piperidine rings is 1. The maximum Gasteiger partial charge on any atom is 0.271 e. The first kappa shape index (κ1) is 14.6. The Hall–Kier alpha value is -1.78. The van der Waals surface area contributed by atoms with Gasteiger partial charge in [-0.05, 0) is 24.3 Å². The van der Waals surface area contributed by atoms with E-state index in [0.717, 1.165) is 31.6 Å².